The number of hydrogen-bond donors (Lipinski definition) is 0. The number of anilines is 1. The van der Waals surface area contributed by atoms with Gasteiger partial charge in [-0.1, -0.05) is 13.0 Å². The van der Waals surface area contributed by atoms with Crippen molar-refractivity contribution >= 4 is 17.4 Å². The van der Waals surface area contributed by atoms with Crippen LogP contribution in [0.3, 0.4) is 0 Å². The SMILES string of the molecule is CCCN(C)c1cccc([S+]=O)c1C(F)(F)F. The first kappa shape index (κ1) is 13.9. The highest BCUT2D eigenvalue weighted by atomic mass is 32.1. The van der Waals surface area contributed by atoms with Gasteiger partial charge in [0.15, 0.2) is 0 Å². The van der Waals surface area contributed by atoms with E-state index in [0.717, 1.165) is 6.42 Å². The molecule has 0 saturated heterocycles. The van der Waals surface area contributed by atoms with Crippen LogP contribution in [-0.2, 0) is 22.1 Å². The maximum atomic E-state index is 12.9. The van der Waals surface area contributed by atoms with E-state index in [-0.39, 0.29) is 22.2 Å². The highest BCUT2D eigenvalue weighted by molar-refractivity contribution is 7.65. The van der Waals surface area contributed by atoms with Gasteiger partial charge in [0.25, 0.3) is 0 Å². The summed E-state index contributed by atoms with van der Waals surface area (Å²) < 4.78 is 49.5. The summed E-state index contributed by atoms with van der Waals surface area (Å²) in [6.45, 7) is 2.39. The minimum Gasteiger partial charge on any atom is -0.374 e. The molecule has 6 heteroatoms. The zero-order valence-electron chi connectivity index (χ0n) is 9.54. The normalized spacial score (nSPS) is 11.4. The number of nitrogens with zero attached hydrogens (tertiary/aromatic N) is 1. The van der Waals surface area contributed by atoms with Crippen LogP contribution in [0.4, 0.5) is 18.9 Å². The summed E-state index contributed by atoms with van der Waals surface area (Å²) in [6, 6.07) is 4.05. The van der Waals surface area contributed by atoms with Crippen LogP contribution in [0.5, 0.6) is 0 Å². The lowest BCUT2D eigenvalue weighted by Crippen LogP contribution is -2.22. The van der Waals surface area contributed by atoms with Gasteiger partial charge in [-0.15, -0.1) is 0 Å². The number of benzene rings is 1. The molecular formula is C11H13F3NOS+. The van der Waals surface area contributed by atoms with E-state index >= 15 is 0 Å². The van der Waals surface area contributed by atoms with Crippen LogP contribution in [0.1, 0.15) is 18.9 Å². The molecule has 0 atom stereocenters. The molecule has 1 aromatic carbocycles. The van der Waals surface area contributed by atoms with Gasteiger partial charge in [0.2, 0.25) is 0 Å². The van der Waals surface area contributed by atoms with Gasteiger partial charge in [0.1, 0.15) is 5.56 Å². The van der Waals surface area contributed by atoms with E-state index < -0.39 is 11.7 Å². The Labute approximate surface area is 102 Å². The zero-order valence-corrected chi connectivity index (χ0v) is 10.4. The lowest BCUT2D eigenvalue weighted by atomic mass is 10.1. The van der Waals surface area contributed by atoms with Crippen molar-refractivity contribution < 1.29 is 17.4 Å². The largest absolute Gasteiger partial charge is 0.505 e. The van der Waals surface area contributed by atoms with Gasteiger partial charge in [0, 0.05) is 23.9 Å². The van der Waals surface area contributed by atoms with Crippen molar-refractivity contribution in [2.45, 2.75) is 24.4 Å². The van der Waals surface area contributed by atoms with Crippen molar-refractivity contribution in [1.82, 2.24) is 0 Å². The van der Waals surface area contributed by atoms with Gasteiger partial charge in [-0.25, -0.2) is 0 Å². The molecule has 0 heterocycles. The van der Waals surface area contributed by atoms with Crippen molar-refractivity contribution in [3.05, 3.63) is 23.8 Å². The average molecular weight is 264 g/mol. The third-order valence-corrected chi connectivity index (χ3v) is 2.87. The van der Waals surface area contributed by atoms with E-state index in [1.807, 2.05) is 6.92 Å². The lowest BCUT2D eigenvalue weighted by Gasteiger charge is -2.21. The van der Waals surface area contributed by atoms with E-state index in [2.05, 4.69) is 0 Å². The standard InChI is InChI=1S/C11H13F3NOS/c1-3-7-15(2)8-5-4-6-9(17-16)10(8)11(12,13)14/h4-6H,3,7H2,1-2H3/q+1. The van der Waals surface area contributed by atoms with E-state index in [1.54, 1.807) is 7.05 Å². The average Bonchev–Trinajstić information content (AvgIpc) is 2.27. The van der Waals surface area contributed by atoms with Gasteiger partial charge in [0.05, 0.1) is 5.69 Å². The molecule has 94 valence electrons. The van der Waals surface area contributed by atoms with Gasteiger partial charge in [-0.05, 0) is 12.5 Å². The molecule has 0 radical (unpaired) electrons. The summed E-state index contributed by atoms with van der Waals surface area (Å²) in [5.74, 6) is 0. The van der Waals surface area contributed by atoms with Crippen LogP contribution in [0.25, 0.3) is 0 Å². The van der Waals surface area contributed by atoms with Crippen molar-refractivity contribution in [3.8, 4) is 0 Å². The van der Waals surface area contributed by atoms with Gasteiger partial charge in [-0.2, -0.15) is 13.2 Å². The molecule has 17 heavy (non-hydrogen) atoms. The van der Waals surface area contributed by atoms with Crippen LogP contribution in [-0.4, -0.2) is 13.6 Å². The summed E-state index contributed by atoms with van der Waals surface area (Å²) in [6.07, 6.45) is -3.77. The molecule has 0 spiro atoms. The van der Waals surface area contributed by atoms with Crippen LogP contribution >= 0.6 is 0 Å². The molecule has 0 N–H and O–H groups in total. The molecule has 0 saturated carbocycles. The Morgan fingerprint density at radius 3 is 2.47 bits per heavy atom. The lowest BCUT2D eigenvalue weighted by molar-refractivity contribution is -0.139. The molecule has 0 amide bonds. The maximum Gasteiger partial charge on any atom is 0.505 e. The number of halogens is 3. The fraction of sp³-hybridized carbons (Fsp3) is 0.455. The minimum absolute atomic E-state index is 0.0557. The molecule has 0 aliphatic rings. The molecule has 1 aromatic rings. The quantitative estimate of drug-likeness (QED) is 0.777. The van der Waals surface area contributed by atoms with Gasteiger partial charge in [-0.3, -0.25) is 0 Å². The Morgan fingerprint density at radius 1 is 1.35 bits per heavy atom. The second-order valence-electron chi connectivity index (χ2n) is 3.65. The topological polar surface area (TPSA) is 20.3 Å². The fourth-order valence-electron chi connectivity index (χ4n) is 1.65. The fourth-order valence-corrected chi connectivity index (χ4v) is 2.09. The molecule has 0 unspecified atom stereocenters. The molecule has 0 aromatic heterocycles. The molecule has 0 bridgehead atoms. The first-order valence-electron chi connectivity index (χ1n) is 5.13. The molecule has 0 aliphatic carbocycles. The Hall–Kier alpha value is -1.17. The van der Waals surface area contributed by atoms with Crippen molar-refractivity contribution in [3.63, 3.8) is 0 Å². The zero-order chi connectivity index (χ0) is 13.1. The summed E-state index contributed by atoms with van der Waals surface area (Å²) in [7, 11) is 1.59. The van der Waals surface area contributed by atoms with Crippen LogP contribution in [0, 0.1) is 0 Å². The van der Waals surface area contributed by atoms with E-state index in [0.29, 0.717) is 6.54 Å². The van der Waals surface area contributed by atoms with Gasteiger partial charge >= 0.3 is 22.7 Å². The van der Waals surface area contributed by atoms with Crippen LogP contribution in [0.2, 0.25) is 0 Å². The third-order valence-electron chi connectivity index (χ3n) is 2.35. The number of rotatable bonds is 4. The Bertz CT molecular complexity index is 406. The monoisotopic (exact) mass is 264 g/mol. The first-order valence-corrected chi connectivity index (χ1v) is 5.87. The molecule has 1 rings (SSSR count). The first-order chi connectivity index (χ1) is 7.91. The summed E-state index contributed by atoms with van der Waals surface area (Å²) >= 11 is -0.125. The van der Waals surface area contributed by atoms with Crippen LogP contribution in [0.15, 0.2) is 23.1 Å². The Balaban J connectivity index is 3.34. The highest BCUT2D eigenvalue weighted by Gasteiger charge is 2.41. The van der Waals surface area contributed by atoms with Crippen LogP contribution < -0.4 is 4.90 Å². The van der Waals surface area contributed by atoms with Crippen molar-refractivity contribution in [2.75, 3.05) is 18.5 Å². The van der Waals surface area contributed by atoms with Gasteiger partial charge < -0.3 is 4.90 Å². The smallest absolute Gasteiger partial charge is 0.374 e. The van der Waals surface area contributed by atoms with Crippen molar-refractivity contribution in [1.29, 1.82) is 0 Å². The minimum atomic E-state index is -4.51. The predicted molar refractivity (Wildman–Crippen MR) is 61.3 cm³/mol. The van der Waals surface area contributed by atoms with E-state index in [9.17, 15) is 17.4 Å². The summed E-state index contributed by atoms with van der Waals surface area (Å²) in [4.78, 5) is 1.24. The molecule has 0 fully saturated rings. The summed E-state index contributed by atoms with van der Waals surface area (Å²) in [5, 5.41) is 0. The third kappa shape index (κ3) is 3.15. The predicted octanol–water partition coefficient (Wildman–Crippen LogP) is 3.34. The van der Waals surface area contributed by atoms with Crippen molar-refractivity contribution in [2.24, 2.45) is 0 Å². The second kappa shape index (κ2) is 5.44. The Kier molecular flexibility index (Phi) is 4.45. The molecule has 0 aliphatic heterocycles. The summed E-state index contributed by atoms with van der Waals surface area (Å²) in [5.41, 5.74) is -0.781. The molecular weight excluding hydrogens is 251 g/mol. The number of alkyl halides is 3. The maximum absolute atomic E-state index is 12.9. The number of hydrogen-bond acceptors (Lipinski definition) is 2. The Morgan fingerprint density at radius 2 is 2.00 bits per heavy atom. The van der Waals surface area contributed by atoms with E-state index in [4.69, 9.17) is 0 Å². The molecule has 2 nitrogen and oxygen atoms in total. The van der Waals surface area contributed by atoms with E-state index in [1.165, 1.54) is 23.1 Å². The highest BCUT2D eigenvalue weighted by Crippen LogP contribution is 2.39. The second-order valence-corrected chi connectivity index (χ2v) is 4.26.